The van der Waals surface area contributed by atoms with Gasteiger partial charge in [0.25, 0.3) is 5.69 Å². The van der Waals surface area contributed by atoms with Gasteiger partial charge in [-0.15, -0.1) is 0 Å². The van der Waals surface area contributed by atoms with Crippen LogP contribution in [-0.4, -0.2) is 16.9 Å². The number of benzene rings is 1. The minimum atomic E-state index is -0.368. The summed E-state index contributed by atoms with van der Waals surface area (Å²) in [4.78, 5) is 21.8. The Labute approximate surface area is 131 Å². The van der Waals surface area contributed by atoms with E-state index in [1.807, 2.05) is 0 Å². The topological polar surface area (TPSA) is 98.3 Å². The van der Waals surface area contributed by atoms with Crippen LogP contribution in [0.1, 0.15) is 31.2 Å². The summed E-state index contributed by atoms with van der Waals surface area (Å²) in [6.07, 6.45) is 3.31. The van der Waals surface area contributed by atoms with Crippen LogP contribution in [0.4, 0.5) is 5.69 Å². The molecule has 2 rings (SSSR count). The molecule has 7 heteroatoms. The molecule has 1 fully saturated rings. The van der Waals surface area contributed by atoms with Gasteiger partial charge in [-0.3, -0.25) is 14.9 Å². The van der Waals surface area contributed by atoms with Gasteiger partial charge in [0.1, 0.15) is 0 Å². The van der Waals surface area contributed by atoms with Gasteiger partial charge in [-0.25, -0.2) is 0 Å². The molecule has 0 aliphatic heterocycles. The average molecular weight is 356 g/mol. The molecular formula is C14H18BrN3O3. The third kappa shape index (κ3) is 4.25. The first-order chi connectivity index (χ1) is 9.97. The second kappa shape index (κ2) is 7.00. The van der Waals surface area contributed by atoms with E-state index >= 15 is 0 Å². The van der Waals surface area contributed by atoms with Crippen molar-refractivity contribution < 1.29 is 9.72 Å². The van der Waals surface area contributed by atoms with Crippen molar-refractivity contribution >= 4 is 27.5 Å². The Morgan fingerprint density at radius 2 is 2.05 bits per heavy atom. The Morgan fingerprint density at radius 1 is 1.38 bits per heavy atom. The summed E-state index contributed by atoms with van der Waals surface area (Å²) in [5, 5.41) is 14.4. The van der Waals surface area contributed by atoms with Crippen molar-refractivity contribution in [3.05, 3.63) is 38.3 Å². The van der Waals surface area contributed by atoms with E-state index in [1.54, 1.807) is 12.1 Å². The van der Waals surface area contributed by atoms with Gasteiger partial charge in [0.2, 0.25) is 5.91 Å². The minimum Gasteiger partial charge on any atom is -0.369 e. The Kier molecular flexibility index (Phi) is 5.30. The van der Waals surface area contributed by atoms with Crippen LogP contribution in [0, 0.1) is 16.0 Å². The van der Waals surface area contributed by atoms with E-state index in [0.717, 1.165) is 30.2 Å². The molecule has 6 nitrogen and oxygen atoms in total. The second-order valence-electron chi connectivity index (χ2n) is 5.36. The lowest BCUT2D eigenvalue weighted by molar-refractivity contribution is -0.385. The molecule has 1 aliphatic rings. The number of primary amides is 1. The highest BCUT2D eigenvalue weighted by Gasteiger charge is 2.24. The highest BCUT2D eigenvalue weighted by Crippen LogP contribution is 2.26. The van der Waals surface area contributed by atoms with Gasteiger partial charge in [-0.1, -0.05) is 15.9 Å². The number of hydrogen-bond acceptors (Lipinski definition) is 4. The molecule has 0 bridgehead atoms. The van der Waals surface area contributed by atoms with Gasteiger partial charge < -0.3 is 11.1 Å². The molecule has 0 spiro atoms. The number of nitro benzene ring substituents is 1. The molecule has 1 saturated carbocycles. The van der Waals surface area contributed by atoms with Gasteiger partial charge in [0.15, 0.2) is 0 Å². The van der Waals surface area contributed by atoms with Crippen molar-refractivity contribution in [3.8, 4) is 0 Å². The van der Waals surface area contributed by atoms with Crippen molar-refractivity contribution in [2.24, 2.45) is 11.7 Å². The van der Waals surface area contributed by atoms with Crippen LogP contribution in [0.25, 0.3) is 0 Å². The molecule has 3 N–H and O–H groups in total. The first kappa shape index (κ1) is 15.9. The Hall–Kier alpha value is -1.47. The molecule has 114 valence electrons. The number of nitrogens with one attached hydrogen (secondary N) is 1. The number of nitrogens with two attached hydrogens (primary N) is 1. The fourth-order valence-electron chi connectivity index (χ4n) is 2.71. The zero-order valence-corrected chi connectivity index (χ0v) is 13.1. The SMILES string of the molecule is NC(=O)C1CCC(NCc2cc(Br)ccc2[N+](=O)[O-])CC1. The van der Waals surface area contributed by atoms with Crippen LogP contribution in [0.3, 0.4) is 0 Å². The predicted molar refractivity (Wildman–Crippen MR) is 82.6 cm³/mol. The fourth-order valence-corrected chi connectivity index (χ4v) is 3.12. The summed E-state index contributed by atoms with van der Waals surface area (Å²) in [5.74, 6) is -0.251. The monoisotopic (exact) mass is 355 g/mol. The van der Waals surface area contributed by atoms with E-state index in [1.165, 1.54) is 6.07 Å². The fraction of sp³-hybridized carbons (Fsp3) is 0.500. The Balaban J connectivity index is 1.93. The molecule has 1 aliphatic carbocycles. The number of rotatable bonds is 5. The van der Waals surface area contributed by atoms with Crippen LogP contribution in [0.2, 0.25) is 0 Å². The maximum atomic E-state index is 11.1. The molecule has 0 aromatic heterocycles. The van der Waals surface area contributed by atoms with Crippen LogP contribution in [-0.2, 0) is 11.3 Å². The van der Waals surface area contributed by atoms with Crippen molar-refractivity contribution in [2.75, 3.05) is 0 Å². The van der Waals surface area contributed by atoms with Gasteiger partial charge >= 0.3 is 0 Å². The Bertz CT molecular complexity index is 542. The van der Waals surface area contributed by atoms with Crippen molar-refractivity contribution in [3.63, 3.8) is 0 Å². The van der Waals surface area contributed by atoms with E-state index in [-0.39, 0.29) is 28.5 Å². The van der Waals surface area contributed by atoms with Gasteiger partial charge in [0.05, 0.1) is 4.92 Å². The summed E-state index contributed by atoms with van der Waals surface area (Å²) in [5.41, 5.74) is 6.09. The summed E-state index contributed by atoms with van der Waals surface area (Å²) in [6, 6.07) is 5.21. The standard InChI is InChI=1S/C14H18BrN3O3/c15-11-3-6-13(18(20)21)10(7-11)8-17-12-4-1-9(2-5-12)14(16)19/h3,6-7,9,12,17H,1-2,4-5,8H2,(H2,16,19). The zero-order chi connectivity index (χ0) is 15.4. The minimum absolute atomic E-state index is 0.0248. The normalized spacial score (nSPS) is 22.0. The number of carbonyl (C=O) groups is 1. The van der Waals surface area contributed by atoms with Crippen LogP contribution in [0.5, 0.6) is 0 Å². The van der Waals surface area contributed by atoms with Crippen molar-refractivity contribution in [1.29, 1.82) is 0 Å². The number of halogens is 1. The molecule has 0 radical (unpaired) electrons. The highest BCUT2D eigenvalue weighted by atomic mass is 79.9. The van der Waals surface area contributed by atoms with E-state index in [9.17, 15) is 14.9 Å². The third-order valence-corrected chi connectivity index (χ3v) is 4.44. The third-order valence-electron chi connectivity index (χ3n) is 3.95. The molecule has 1 aromatic carbocycles. The molecule has 1 aromatic rings. The zero-order valence-electron chi connectivity index (χ0n) is 11.5. The summed E-state index contributed by atoms with van der Waals surface area (Å²) >= 11 is 3.33. The number of carbonyl (C=O) groups excluding carboxylic acids is 1. The molecule has 0 atom stereocenters. The lowest BCUT2D eigenvalue weighted by Crippen LogP contribution is -2.36. The first-order valence-corrected chi connectivity index (χ1v) is 7.72. The number of nitro groups is 1. The van der Waals surface area contributed by atoms with E-state index in [0.29, 0.717) is 12.1 Å². The van der Waals surface area contributed by atoms with E-state index < -0.39 is 0 Å². The van der Waals surface area contributed by atoms with Crippen LogP contribution < -0.4 is 11.1 Å². The van der Waals surface area contributed by atoms with Gasteiger partial charge in [-0.05, 0) is 37.8 Å². The van der Waals surface area contributed by atoms with E-state index in [2.05, 4.69) is 21.2 Å². The van der Waals surface area contributed by atoms with Crippen LogP contribution in [0.15, 0.2) is 22.7 Å². The summed E-state index contributed by atoms with van der Waals surface area (Å²) in [7, 11) is 0. The molecule has 0 saturated heterocycles. The average Bonchev–Trinajstić information content (AvgIpc) is 2.45. The Morgan fingerprint density at radius 3 is 2.62 bits per heavy atom. The van der Waals surface area contributed by atoms with Gasteiger partial charge in [0, 0.05) is 34.6 Å². The second-order valence-corrected chi connectivity index (χ2v) is 6.28. The quantitative estimate of drug-likeness (QED) is 0.626. The number of amides is 1. The van der Waals surface area contributed by atoms with E-state index in [4.69, 9.17) is 5.73 Å². The first-order valence-electron chi connectivity index (χ1n) is 6.93. The maximum Gasteiger partial charge on any atom is 0.273 e. The van der Waals surface area contributed by atoms with Crippen molar-refractivity contribution in [1.82, 2.24) is 5.32 Å². The van der Waals surface area contributed by atoms with Crippen molar-refractivity contribution in [2.45, 2.75) is 38.3 Å². The lowest BCUT2D eigenvalue weighted by atomic mass is 9.85. The molecule has 1 amide bonds. The summed E-state index contributed by atoms with van der Waals surface area (Å²) < 4.78 is 0.822. The number of nitrogens with zero attached hydrogens (tertiary/aromatic N) is 1. The molecule has 21 heavy (non-hydrogen) atoms. The van der Waals surface area contributed by atoms with Crippen LogP contribution >= 0.6 is 15.9 Å². The summed E-state index contributed by atoms with van der Waals surface area (Å²) in [6.45, 7) is 0.446. The largest absolute Gasteiger partial charge is 0.369 e. The smallest absolute Gasteiger partial charge is 0.273 e. The molecular weight excluding hydrogens is 338 g/mol. The maximum absolute atomic E-state index is 11.1. The molecule has 0 unspecified atom stereocenters. The van der Waals surface area contributed by atoms with Gasteiger partial charge in [-0.2, -0.15) is 0 Å². The highest BCUT2D eigenvalue weighted by molar-refractivity contribution is 9.10. The lowest BCUT2D eigenvalue weighted by Gasteiger charge is -2.27. The predicted octanol–water partition coefficient (Wildman–Crippen LogP) is 2.49. The number of hydrogen-bond donors (Lipinski definition) is 2. The molecule has 0 heterocycles.